The zero-order chi connectivity index (χ0) is 21.9. The maximum atomic E-state index is 12.4. The molecule has 1 heterocycles. The second-order valence-corrected chi connectivity index (χ2v) is 12.5. The molecule has 0 bridgehead atoms. The number of ether oxygens (including phenoxy) is 2. The van der Waals surface area contributed by atoms with Gasteiger partial charge in [0.25, 0.3) is 0 Å². The van der Waals surface area contributed by atoms with E-state index in [0.29, 0.717) is 23.5 Å². The van der Waals surface area contributed by atoms with E-state index in [9.17, 15) is 9.90 Å². The van der Waals surface area contributed by atoms with Crippen LogP contribution >= 0.6 is 0 Å². The van der Waals surface area contributed by atoms with E-state index < -0.39 is 5.60 Å². The van der Waals surface area contributed by atoms with Crippen molar-refractivity contribution in [3.63, 3.8) is 0 Å². The summed E-state index contributed by atoms with van der Waals surface area (Å²) in [6.07, 6.45) is 13.5. The van der Waals surface area contributed by atoms with Gasteiger partial charge in [-0.1, -0.05) is 6.92 Å². The van der Waals surface area contributed by atoms with E-state index >= 15 is 0 Å². The first kappa shape index (κ1) is 22.3. The lowest BCUT2D eigenvalue weighted by atomic mass is 9.43. The van der Waals surface area contributed by atoms with Gasteiger partial charge in [0.1, 0.15) is 5.78 Å². The number of ketones is 1. The molecule has 176 valence electrons. The molecule has 4 aliphatic carbocycles. The third-order valence-electron chi connectivity index (χ3n) is 10.8. The Hall–Kier alpha value is -0.450. The summed E-state index contributed by atoms with van der Waals surface area (Å²) in [5.41, 5.74) is -0.144. The van der Waals surface area contributed by atoms with Crippen LogP contribution in [0.5, 0.6) is 0 Å². The minimum absolute atomic E-state index is 0.0333. The summed E-state index contributed by atoms with van der Waals surface area (Å²) < 4.78 is 12.5. The fourth-order valence-electron chi connectivity index (χ4n) is 9.27. The van der Waals surface area contributed by atoms with E-state index in [1.807, 2.05) is 13.8 Å². The molecule has 0 aromatic carbocycles. The molecule has 1 saturated heterocycles. The third kappa shape index (κ3) is 3.73. The molecule has 0 amide bonds. The van der Waals surface area contributed by atoms with Gasteiger partial charge in [0, 0.05) is 12.5 Å². The maximum absolute atomic E-state index is 12.4. The Labute approximate surface area is 188 Å². The van der Waals surface area contributed by atoms with E-state index in [1.54, 1.807) is 0 Å². The molecule has 0 aromatic heterocycles. The summed E-state index contributed by atoms with van der Waals surface area (Å²) in [7, 11) is 0. The molecule has 4 saturated carbocycles. The van der Waals surface area contributed by atoms with Gasteiger partial charge in [-0.05, 0) is 125 Å². The Morgan fingerprint density at radius 2 is 1.84 bits per heavy atom. The first-order valence-corrected chi connectivity index (χ1v) is 13.2. The van der Waals surface area contributed by atoms with Crippen LogP contribution in [0.3, 0.4) is 0 Å². The molecule has 5 fully saturated rings. The lowest BCUT2D eigenvalue weighted by Gasteiger charge is -2.62. The number of carbonyl (C=O) groups excluding carboxylic acids is 1. The smallest absolute Gasteiger partial charge is 0.157 e. The number of fused-ring (bicyclic) bond motifs is 5. The van der Waals surface area contributed by atoms with Crippen LogP contribution in [0, 0.1) is 40.4 Å². The summed E-state index contributed by atoms with van der Waals surface area (Å²) in [6.45, 7) is 7.93. The predicted molar refractivity (Wildman–Crippen MR) is 120 cm³/mol. The Bertz CT molecular complexity index is 683. The fraction of sp³-hybridized carbons (Fsp3) is 0.963. The van der Waals surface area contributed by atoms with Crippen molar-refractivity contribution in [3.8, 4) is 0 Å². The zero-order valence-corrected chi connectivity index (χ0v) is 20.0. The quantitative estimate of drug-likeness (QED) is 0.636. The normalized spacial score (nSPS) is 52.1. The second kappa shape index (κ2) is 8.09. The van der Waals surface area contributed by atoms with Crippen LogP contribution in [-0.4, -0.2) is 36.0 Å². The van der Waals surface area contributed by atoms with Gasteiger partial charge < -0.3 is 14.6 Å². The largest absolute Gasteiger partial charge is 0.390 e. The first-order chi connectivity index (χ1) is 14.8. The topological polar surface area (TPSA) is 55.8 Å². The van der Waals surface area contributed by atoms with Crippen LogP contribution in [0.15, 0.2) is 0 Å². The first-order valence-electron chi connectivity index (χ1n) is 13.2. The summed E-state index contributed by atoms with van der Waals surface area (Å²) >= 11 is 0. The van der Waals surface area contributed by atoms with Crippen LogP contribution in [0.2, 0.25) is 0 Å². The number of aliphatic hydroxyl groups is 1. The highest BCUT2D eigenvalue weighted by Gasteiger charge is 2.63. The summed E-state index contributed by atoms with van der Waals surface area (Å²) in [5, 5.41) is 10.9. The molecule has 1 unspecified atom stereocenters. The van der Waals surface area contributed by atoms with Crippen molar-refractivity contribution in [2.24, 2.45) is 40.4 Å². The third-order valence-corrected chi connectivity index (χ3v) is 10.8. The van der Waals surface area contributed by atoms with Crippen LogP contribution in [0.1, 0.15) is 97.8 Å². The molecular weight excluding hydrogens is 388 g/mol. The van der Waals surface area contributed by atoms with Gasteiger partial charge in [-0.25, -0.2) is 0 Å². The summed E-state index contributed by atoms with van der Waals surface area (Å²) in [4.78, 5) is 12.4. The Kier molecular flexibility index (Phi) is 5.84. The van der Waals surface area contributed by atoms with Gasteiger partial charge in [-0.2, -0.15) is 0 Å². The van der Waals surface area contributed by atoms with Gasteiger partial charge in [-0.15, -0.1) is 0 Å². The van der Waals surface area contributed by atoms with Crippen molar-refractivity contribution in [1.82, 2.24) is 0 Å². The molecule has 0 aromatic rings. The number of hydrogen-bond donors (Lipinski definition) is 1. The number of hydrogen-bond acceptors (Lipinski definition) is 4. The van der Waals surface area contributed by atoms with Crippen molar-refractivity contribution in [2.75, 3.05) is 13.2 Å². The number of Topliss-reactive ketones (excluding diaryl/α,β-unsaturated/α-hetero) is 1. The lowest BCUT2D eigenvalue weighted by molar-refractivity contribution is -0.226. The van der Waals surface area contributed by atoms with Crippen molar-refractivity contribution in [3.05, 3.63) is 0 Å². The molecule has 31 heavy (non-hydrogen) atoms. The highest BCUT2D eigenvalue weighted by Crippen LogP contribution is 2.68. The van der Waals surface area contributed by atoms with Gasteiger partial charge in [0.05, 0.1) is 12.2 Å². The van der Waals surface area contributed by atoms with Crippen LogP contribution in [0.25, 0.3) is 0 Å². The molecule has 4 nitrogen and oxygen atoms in total. The monoisotopic (exact) mass is 432 g/mol. The van der Waals surface area contributed by atoms with Crippen molar-refractivity contribution in [2.45, 2.75) is 110 Å². The number of carbonyl (C=O) groups is 1. The van der Waals surface area contributed by atoms with Crippen molar-refractivity contribution < 1.29 is 19.4 Å². The van der Waals surface area contributed by atoms with Crippen LogP contribution in [0.4, 0.5) is 0 Å². The molecule has 5 rings (SSSR count). The highest BCUT2D eigenvalue weighted by molar-refractivity contribution is 5.79. The number of rotatable bonds is 4. The minimum atomic E-state index is -0.529. The van der Waals surface area contributed by atoms with Gasteiger partial charge >= 0.3 is 0 Å². The fourth-order valence-corrected chi connectivity index (χ4v) is 9.27. The predicted octanol–water partition coefficient (Wildman–Crippen LogP) is 5.51. The molecule has 1 aliphatic heterocycles. The van der Waals surface area contributed by atoms with E-state index in [-0.39, 0.29) is 23.0 Å². The lowest BCUT2D eigenvalue weighted by Crippen LogP contribution is -2.58. The van der Waals surface area contributed by atoms with Crippen molar-refractivity contribution >= 4 is 5.78 Å². The van der Waals surface area contributed by atoms with Crippen LogP contribution in [-0.2, 0) is 14.3 Å². The van der Waals surface area contributed by atoms with E-state index in [2.05, 4.69) is 6.92 Å². The molecular formula is C27H44O4. The van der Waals surface area contributed by atoms with E-state index in [0.717, 1.165) is 57.7 Å². The SMILES string of the molecule is CC(=O)[C@H]1CC[C@H]2[C@@H]3CC[C@H]4C[C@](C)(O)CC[C@]4(COC4CCCCO4)[C@H]3CC[C@]12C. The van der Waals surface area contributed by atoms with Crippen molar-refractivity contribution in [1.29, 1.82) is 0 Å². The van der Waals surface area contributed by atoms with E-state index in [4.69, 9.17) is 9.47 Å². The molecule has 9 atom stereocenters. The van der Waals surface area contributed by atoms with Crippen LogP contribution < -0.4 is 0 Å². The average Bonchev–Trinajstić information content (AvgIpc) is 3.10. The zero-order valence-electron chi connectivity index (χ0n) is 20.0. The maximum Gasteiger partial charge on any atom is 0.157 e. The molecule has 0 radical (unpaired) electrons. The Morgan fingerprint density at radius 1 is 1.00 bits per heavy atom. The highest BCUT2D eigenvalue weighted by atomic mass is 16.7. The Balaban J connectivity index is 1.41. The second-order valence-electron chi connectivity index (χ2n) is 12.5. The van der Waals surface area contributed by atoms with Gasteiger partial charge in [0.2, 0.25) is 0 Å². The summed E-state index contributed by atoms with van der Waals surface area (Å²) in [5.74, 6) is 3.32. The Morgan fingerprint density at radius 3 is 2.58 bits per heavy atom. The summed E-state index contributed by atoms with van der Waals surface area (Å²) in [6, 6.07) is 0. The molecule has 5 aliphatic rings. The van der Waals surface area contributed by atoms with Gasteiger partial charge in [0.15, 0.2) is 6.29 Å². The van der Waals surface area contributed by atoms with Gasteiger partial charge in [-0.3, -0.25) is 4.79 Å². The minimum Gasteiger partial charge on any atom is -0.390 e. The standard InChI is InChI=1S/C27H44O4/c1-18(28)21-9-10-22-20-8-7-19-16-25(2,29)13-14-27(19,23(20)11-12-26(21,22)3)17-31-24-6-4-5-15-30-24/h19-24,29H,4-17H2,1-3H3/t19-,20-,21+,22-,23-,24?,25+,26+,27+/m0/s1. The molecule has 4 heteroatoms. The van der Waals surface area contributed by atoms with E-state index in [1.165, 1.54) is 38.5 Å². The molecule has 0 spiro atoms. The molecule has 1 N–H and O–H groups in total. The average molecular weight is 433 g/mol.